The van der Waals surface area contributed by atoms with Crippen LogP contribution in [0.4, 0.5) is 0 Å². The van der Waals surface area contributed by atoms with Crippen molar-refractivity contribution in [1.29, 1.82) is 0 Å². The molecule has 0 spiro atoms. The predicted molar refractivity (Wildman–Crippen MR) is 61.9 cm³/mol. The maximum Gasteiger partial charge on any atom is 0.0477 e. The zero-order valence-electron chi connectivity index (χ0n) is 8.95. The fraction of sp³-hybridized carbons (Fsp3) is 0.636. The number of ether oxygens (including phenoxy) is 1. The number of methoxy groups -OCH3 is 1. The van der Waals surface area contributed by atoms with Gasteiger partial charge in [-0.05, 0) is 31.4 Å². The fourth-order valence-electron chi connectivity index (χ4n) is 1.35. The molecule has 0 saturated heterocycles. The molecular weight excluding hydrogens is 194 g/mol. The monoisotopic (exact) mass is 213 g/mol. The minimum atomic E-state index is 0.235. The van der Waals surface area contributed by atoms with Crippen LogP contribution in [0.5, 0.6) is 0 Å². The summed E-state index contributed by atoms with van der Waals surface area (Å²) in [6.45, 7) is 2.94. The molecule has 1 aromatic heterocycles. The number of rotatable bonds is 6. The van der Waals surface area contributed by atoms with Crippen LogP contribution < -0.4 is 5.73 Å². The average molecular weight is 213 g/mol. The quantitative estimate of drug-likeness (QED) is 0.786. The van der Waals surface area contributed by atoms with E-state index in [9.17, 15) is 0 Å². The topological polar surface area (TPSA) is 35.2 Å². The van der Waals surface area contributed by atoms with Crippen molar-refractivity contribution < 1.29 is 4.74 Å². The molecule has 80 valence electrons. The molecule has 0 aliphatic heterocycles. The summed E-state index contributed by atoms with van der Waals surface area (Å²) in [7, 11) is 1.72. The van der Waals surface area contributed by atoms with Crippen LogP contribution in [0.1, 0.15) is 23.1 Å². The number of nitrogens with two attached hydrogens (primary N) is 1. The summed E-state index contributed by atoms with van der Waals surface area (Å²) >= 11 is 1.87. The van der Waals surface area contributed by atoms with Gasteiger partial charge >= 0.3 is 0 Å². The Bertz CT molecular complexity index is 260. The van der Waals surface area contributed by atoms with Crippen molar-refractivity contribution >= 4 is 11.3 Å². The maximum absolute atomic E-state index is 5.97. The molecule has 0 radical (unpaired) electrons. The van der Waals surface area contributed by atoms with E-state index in [-0.39, 0.29) is 6.04 Å². The highest BCUT2D eigenvalue weighted by atomic mass is 32.1. The van der Waals surface area contributed by atoms with Crippen molar-refractivity contribution in [3.8, 4) is 0 Å². The van der Waals surface area contributed by atoms with Gasteiger partial charge in [0.05, 0.1) is 0 Å². The largest absolute Gasteiger partial charge is 0.385 e. The smallest absolute Gasteiger partial charge is 0.0477 e. The zero-order chi connectivity index (χ0) is 10.4. The van der Waals surface area contributed by atoms with E-state index < -0.39 is 0 Å². The molecular formula is C11H19NOS. The molecule has 0 aliphatic rings. The van der Waals surface area contributed by atoms with Crippen molar-refractivity contribution in [2.24, 2.45) is 5.73 Å². The zero-order valence-corrected chi connectivity index (χ0v) is 9.77. The van der Waals surface area contributed by atoms with Crippen molar-refractivity contribution in [3.05, 3.63) is 21.9 Å². The van der Waals surface area contributed by atoms with Gasteiger partial charge in [0.25, 0.3) is 0 Å². The first-order chi connectivity index (χ1) is 6.76. The van der Waals surface area contributed by atoms with Gasteiger partial charge in [-0.15, -0.1) is 11.3 Å². The van der Waals surface area contributed by atoms with E-state index in [1.54, 1.807) is 7.11 Å². The third-order valence-electron chi connectivity index (χ3n) is 2.22. The van der Waals surface area contributed by atoms with Crippen molar-refractivity contribution in [2.45, 2.75) is 32.2 Å². The highest BCUT2D eigenvalue weighted by molar-refractivity contribution is 7.11. The Kier molecular flexibility index (Phi) is 5.15. The van der Waals surface area contributed by atoms with Gasteiger partial charge in [0.2, 0.25) is 0 Å². The third-order valence-corrected chi connectivity index (χ3v) is 3.47. The van der Waals surface area contributed by atoms with Gasteiger partial charge in [-0.2, -0.15) is 0 Å². The van der Waals surface area contributed by atoms with Gasteiger partial charge in [0.1, 0.15) is 0 Å². The van der Waals surface area contributed by atoms with E-state index in [0.29, 0.717) is 0 Å². The van der Waals surface area contributed by atoms with Crippen LogP contribution in [0.2, 0.25) is 0 Å². The lowest BCUT2D eigenvalue weighted by Crippen LogP contribution is -2.23. The summed E-state index contributed by atoms with van der Waals surface area (Å²) in [4.78, 5) is 2.84. The number of hydrogen-bond donors (Lipinski definition) is 1. The normalized spacial score (nSPS) is 13.1. The van der Waals surface area contributed by atoms with Gasteiger partial charge < -0.3 is 10.5 Å². The number of aryl methyl sites for hydroxylation is 1. The number of thiophene rings is 1. The lowest BCUT2D eigenvalue weighted by atomic mass is 10.1. The molecule has 0 saturated carbocycles. The second-order valence-corrected chi connectivity index (χ2v) is 4.72. The summed E-state index contributed by atoms with van der Waals surface area (Å²) in [5.74, 6) is 0. The molecule has 14 heavy (non-hydrogen) atoms. The van der Waals surface area contributed by atoms with E-state index >= 15 is 0 Å². The minimum Gasteiger partial charge on any atom is -0.385 e. The van der Waals surface area contributed by atoms with E-state index in [1.807, 2.05) is 11.3 Å². The maximum atomic E-state index is 5.97. The molecule has 0 fully saturated rings. The molecule has 1 rings (SSSR count). The second kappa shape index (κ2) is 6.17. The Balaban J connectivity index is 2.35. The minimum absolute atomic E-state index is 0.235. The Labute approximate surface area is 90.1 Å². The van der Waals surface area contributed by atoms with Crippen LogP contribution in [0, 0.1) is 0 Å². The highest BCUT2D eigenvalue weighted by Crippen LogP contribution is 2.18. The van der Waals surface area contributed by atoms with Crippen molar-refractivity contribution in [1.82, 2.24) is 0 Å². The average Bonchev–Trinajstić information content (AvgIpc) is 2.62. The van der Waals surface area contributed by atoms with Crippen molar-refractivity contribution in [2.75, 3.05) is 13.7 Å². The Morgan fingerprint density at radius 1 is 1.43 bits per heavy atom. The molecule has 0 aromatic carbocycles. The molecule has 0 aliphatic carbocycles. The molecule has 1 unspecified atom stereocenters. The SMILES string of the molecule is CCc1ccc(CC(N)CCOC)s1. The standard InChI is InChI=1S/C11H19NOS/c1-3-10-4-5-11(14-10)8-9(12)6-7-13-2/h4-5,9H,3,6-8,12H2,1-2H3. The molecule has 2 nitrogen and oxygen atoms in total. The van der Waals surface area contributed by atoms with Crippen LogP contribution in [0.3, 0.4) is 0 Å². The van der Waals surface area contributed by atoms with E-state index in [1.165, 1.54) is 9.75 Å². The summed E-state index contributed by atoms with van der Waals surface area (Å²) in [5, 5.41) is 0. The molecule has 1 heterocycles. The summed E-state index contributed by atoms with van der Waals surface area (Å²) < 4.78 is 5.00. The van der Waals surface area contributed by atoms with Gasteiger partial charge in [-0.25, -0.2) is 0 Å². The summed E-state index contributed by atoms with van der Waals surface area (Å²) in [5.41, 5.74) is 5.97. The summed E-state index contributed by atoms with van der Waals surface area (Å²) in [6.07, 6.45) is 3.04. The lowest BCUT2D eigenvalue weighted by Gasteiger charge is -2.08. The first-order valence-electron chi connectivity index (χ1n) is 5.08. The van der Waals surface area contributed by atoms with Gasteiger partial charge in [0.15, 0.2) is 0 Å². The van der Waals surface area contributed by atoms with Gasteiger partial charge in [-0.1, -0.05) is 6.92 Å². The molecule has 1 aromatic rings. The van der Waals surface area contributed by atoms with E-state index in [0.717, 1.165) is 25.9 Å². The molecule has 0 bridgehead atoms. The third kappa shape index (κ3) is 3.78. The highest BCUT2D eigenvalue weighted by Gasteiger charge is 2.05. The van der Waals surface area contributed by atoms with Crippen LogP contribution in [-0.2, 0) is 17.6 Å². The molecule has 2 N–H and O–H groups in total. The first-order valence-corrected chi connectivity index (χ1v) is 5.90. The van der Waals surface area contributed by atoms with Crippen LogP contribution >= 0.6 is 11.3 Å². The van der Waals surface area contributed by atoms with Crippen LogP contribution in [0.15, 0.2) is 12.1 Å². The Morgan fingerprint density at radius 2 is 2.14 bits per heavy atom. The summed E-state index contributed by atoms with van der Waals surface area (Å²) in [6, 6.07) is 4.62. The Morgan fingerprint density at radius 3 is 2.71 bits per heavy atom. The fourth-order valence-corrected chi connectivity index (χ4v) is 2.40. The van der Waals surface area contributed by atoms with Crippen LogP contribution in [0.25, 0.3) is 0 Å². The van der Waals surface area contributed by atoms with E-state index in [4.69, 9.17) is 10.5 Å². The number of hydrogen-bond acceptors (Lipinski definition) is 3. The molecule has 1 atom stereocenters. The Hall–Kier alpha value is -0.380. The molecule has 3 heteroatoms. The first kappa shape index (κ1) is 11.7. The van der Waals surface area contributed by atoms with Crippen LogP contribution in [-0.4, -0.2) is 19.8 Å². The van der Waals surface area contributed by atoms with E-state index in [2.05, 4.69) is 19.1 Å². The molecule has 0 amide bonds. The predicted octanol–water partition coefficient (Wildman–Crippen LogP) is 2.22. The van der Waals surface area contributed by atoms with Crippen molar-refractivity contribution in [3.63, 3.8) is 0 Å². The van der Waals surface area contributed by atoms with Gasteiger partial charge in [0, 0.05) is 29.5 Å². The lowest BCUT2D eigenvalue weighted by molar-refractivity contribution is 0.188. The second-order valence-electron chi connectivity index (χ2n) is 3.47. The van der Waals surface area contributed by atoms with Gasteiger partial charge in [-0.3, -0.25) is 0 Å².